The summed E-state index contributed by atoms with van der Waals surface area (Å²) in [5.41, 5.74) is 1.75. The van der Waals surface area contributed by atoms with Crippen LogP contribution in [0.3, 0.4) is 0 Å². The van der Waals surface area contributed by atoms with Crippen molar-refractivity contribution in [3.8, 4) is 5.69 Å². The molecule has 0 saturated carbocycles. The molecule has 122 valence electrons. The van der Waals surface area contributed by atoms with Gasteiger partial charge in [-0.3, -0.25) is 4.79 Å². The minimum Gasteiger partial charge on any atom is -0.467 e. The second-order valence-electron chi connectivity index (χ2n) is 5.16. The molecule has 0 saturated heterocycles. The first-order chi connectivity index (χ1) is 11.7. The molecule has 0 aliphatic carbocycles. The first-order valence-electron chi connectivity index (χ1n) is 7.50. The molecule has 1 atom stereocenters. The third-order valence-corrected chi connectivity index (χ3v) is 3.39. The quantitative estimate of drug-likeness (QED) is 0.682. The Morgan fingerprint density at radius 3 is 2.88 bits per heavy atom. The second kappa shape index (κ2) is 7.43. The summed E-state index contributed by atoms with van der Waals surface area (Å²) < 4.78 is 6.81. The number of benzene rings is 1. The Labute approximate surface area is 139 Å². The lowest BCUT2D eigenvalue weighted by Gasteiger charge is -2.07. The van der Waals surface area contributed by atoms with Crippen LogP contribution in [0.25, 0.3) is 11.8 Å². The van der Waals surface area contributed by atoms with E-state index in [1.165, 1.54) is 12.3 Å². The van der Waals surface area contributed by atoms with Gasteiger partial charge in [-0.15, -0.1) is 0 Å². The van der Waals surface area contributed by atoms with Crippen LogP contribution < -0.4 is 5.32 Å². The van der Waals surface area contributed by atoms with E-state index in [4.69, 9.17) is 4.42 Å². The molecule has 1 amide bonds. The number of para-hydroxylation sites is 1. The molecular formula is C18H17N3O3. The maximum Gasteiger partial charge on any atom is 0.244 e. The summed E-state index contributed by atoms with van der Waals surface area (Å²) in [4.78, 5) is 11.8. The molecule has 2 heterocycles. The van der Waals surface area contributed by atoms with E-state index >= 15 is 0 Å². The lowest BCUT2D eigenvalue weighted by molar-refractivity contribution is -0.116. The van der Waals surface area contributed by atoms with Gasteiger partial charge in [0.1, 0.15) is 11.9 Å². The van der Waals surface area contributed by atoms with Gasteiger partial charge in [-0.2, -0.15) is 5.10 Å². The lowest BCUT2D eigenvalue weighted by atomic mass is 10.2. The summed E-state index contributed by atoms with van der Waals surface area (Å²) in [7, 11) is 0. The van der Waals surface area contributed by atoms with Crippen LogP contribution in [-0.4, -0.2) is 27.3 Å². The number of amides is 1. The highest BCUT2D eigenvalue weighted by molar-refractivity contribution is 5.91. The number of carbonyl (C=O) groups is 1. The third-order valence-electron chi connectivity index (χ3n) is 3.39. The van der Waals surface area contributed by atoms with Crippen LogP contribution >= 0.6 is 0 Å². The van der Waals surface area contributed by atoms with Gasteiger partial charge in [0.25, 0.3) is 0 Å². The number of aromatic nitrogens is 2. The van der Waals surface area contributed by atoms with Crippen molar-refractivity contribution < 1.29 is 14.3 Å². The number of hydrogen-bond acceptors (Lipinski definition) is 4. The molecule has 6 nitrogen and oxygen atoms in total. The Morgan fingerprint density at radius 1 is 1.29 bits per heavy atom. The van der Waals surface area contributed by atoms with Crippen molar-refractivity contribution in [3.63, 3.8) is 0 Å². The Morgan fingerprint density at radius 2 is 2.12 bits per heavy atom. The Bertz CT molecular complexity index is 807. The summed E-state index contributed by atoms with van der Waals surface area (Å²) >= 11 is 0. The Kier molecular flexibility index (Phi) is 4.88. The molecule has 6 heteroatoms. The molecule has 0 spiro atoms. The highest BCUT2D eigenvalue weighted by Gasteiger charge is 2.10. The SMILES string of the molecule is O=C(/C=C/c1cnn(-c2ccccc2)c1)NCC(O)c1ccco1. The minimum absolute atomic E-state index is 0.0833. The largest absolute Gasteiger partial charge is 0.467 e. The third kappa shape index (κ3) is 3.99. The number of aliphatic hydroxyl groups excluding tert-OH is 1. The standard InChI is InChI=1S/C18H17N3O3/c22-16(17-7-4-10-24-17)12-19-18(23)9-8-14-11-20-21(13-14)15-5-2-1-3-6-15/h1-11,13,16,22H,12H2,(H,19,23)/b9-8+. The molecule has 0 bridgehead atoms. The minimum atomic E-state index is -0.863. The van der Waals surface area contributed by atoms with Gasteiger partial charge < -0.3 is 14.8 Å². The molecule has 0 fully saturated rings. The predicted octanol–water partition coefficient (Wildman–Crippen LogP) is 2.33. The summed E-state index contributed by atoms with van der Waals surface area (Å²) in [6.45, 7) is 0.0833. The molecule has 0 aliphatic heterocycles. The number of carbonyl (C=O) groups excluding carboxylic acids is 1. The van der Waals surface area contributed by atoms with Crippen LogP contribution in [0.2, 0.25) is 0 Å². The summed E-state index contributed by atoms with van der Waals surface area (Å²) in [6.07, 6.45) is 7.19. The maximum absolute atomic E-state index is 11.8. The van der Waals surface area contributed by atoms with E-state index in [9.17, 15) is 9.90 Å². The molecule has 3 aromatic rings. The van der Waals surface area contributed by atoms with Gasteiger partial charge in [0.2, 0.25) is 5.91 Å². The first-order valence-corrected chi connectivity index (χ1v) is 7.50. The van der Waals surface area contributed by atoms with E-state index in [1.54, 1.807) is 29.1 Å². The first kappa shape index (κ1) is 15.8. The zero-order chi connectivity index (χ0) is 16.8. The number of nitrogens with zero attached hydrogens (tertiary/aromatic N) is 2. The predicted molar refractivity (Wildman–Crippen MR) is 89.3 cm³/mol. The smallest absolute Gasteiger partial charge is 0.244 e. The van der Waals surface area contributed by atoms with Crippen molar-refractivity contribution in [3.05, 3.63) is 78.5 Å². The number of rotatable bonds is 6. The lowest BCUT2D eigenvalue weighted by Crippen LogP contribution is -2.26. The van der Waals surface area contributed by atoms with Crippen LogP contribution in [0.4, 0.5) is 0 Å². The van der Waals surface area contributed by atoms with Crippen molar-refractivity contribution >= 4 is 12.0 Å². The fourth-order valence-electron chi connectivity index (χ4n) is 2.15. The van der Waals surface area contributed by atoms with E-state index in [2.05, 4.69) is 10.4 Å². The van der Waals surface area contributed by atoms with Crippen molar-refractivity contribution in [2.75, 3.05) is 6.54 Å². The normalized spacial score (nSPS) is 12.4. The van der Waals surface area contributed by atoms with Gasteiger partial charge in [-0.25, -0.2) is 4.68 Å². The van der Waals surface area contributed by atoms with E-state index in [0.717, 1.165) is 11.3 Å². The van der Waals surface area contributed by atoms with Gasteiger partial charge in [-0.05, 0) is 30.3 Å². The topological polar surface area (TPSA) is 80.3 Å². The molecule has 0 radical (unpaired) electrons. The number of hydrogen-bond donors (Lipinski definition) is 2. The van der Waals surface area contributed by atoms with E-state index in [-0.39, 0.29) is 12.5 Å². The van der Waals surface area contributed by atoms with Crippen molar-refractivity contribution in [2.45, 2.75) is 6.10 Å². The van der Waals surface area contributed by atoms with Crippen molar-refractivity contribution in [1.82, 2.24) is 15.1 Å². The van der Waals surface area contributed by atoms with Gasteiger partial charge in [-0.1, -0.05) is 18.2 Å². The zero-order valence-electron chi connectivity index (χ0n) is 12.9. The molecule has 0 aliphatic rings. The molecule has 3 rings (SSSR count). The van der Waals surface area contributed by atoms with Gasteiger partial charge in [0, 0.05) is 17.8 Å². The number of aliphatic hydroxyl groups is 1. The molecule has 1 aromatic carbocycles. The van der Waals surface area contributed by atoms with E-state index in [1.807, 2.05) is 36.5 Å². The molecule has 1 unspecified atom stereocenters. The second-order valence-corrected chi connectivity index (χ2v) is 5.16. The molecule has 2 aromatic heterocycles. The maximum atomic E-state index is 11.8. The average molecular weight is 323 g/mol. The van der Waals surface area contributed by atoms with Gasteiger partial charge in [0.05, 0.1) is 24.7 Å². The zero-order valence-corrected chi connectivity index (χ0v) is 12.9. The monoisotopic (exact) mass is 323 g/mol. The van der Waals surface area contributed by atoms with Crippen LogP contribution in [0.15, 0.2) is 71.6 Å². The number of furan rings is 1. The Hall–Kier alpha value is -3.12. The van der Waals surface area contributed by atoms with Crippen LogP contribution in [0.5, 0.6) is 0 Å². The van der Waals surface area contributed by atoms with E-state index < -0.39 is 6.10 Å². The van der Waals surface area contributed by atoms with Crippen molar-refractivity contribution in [1.29, 1.82) is 0 Å². The van der Waals surface area contributed by atoms with Crippen molar-refractivity contribution in [2.24, 2.45) is 0 Å². The van der Waals surface area contributed by atoms with Crippen LogP contribution in [0, 0.1) is 0 Å². The van der Waals surface area contributed by atoms with Crippen LogP contribution in [-0.2, 0) is 4.79 Å². The average Bonchev–Trinajstić information content (AvgIpc) is 3.30. The molecule has 2 N–H and O–H groups in total. The highest BCUT2D eigenvalue weighted by atomic mass is 16.4. The fraction of sp³-hybridized carbons (Fsp3) is 0.111. The molecular weight excluding hydrogens is 306 g/mol. The van der Waals surface area contributed by atoms with Crippen LogP contribution in [0.1, 0.15) is 17.4 Å². The van der Waals surface area contributed by atoms with E-state index in [0.29, 0.717) is 5.76 Å². The van der Waals surface area contributed by atoms with Gasteiger partial charge >= 0.3 is 0 Å². The Balaban J connectivity index is 1.54. The molecule has 24 heavy (non-hydrogen) atoms. The number of nitrogens with one attached hydrogen (secondary N) is 1. The fourth-order valence-corrected chi connectivity index (χ4v) is 2.15. The summed E-state index contributed by atoms with van der Waals surface area (Å²) in [6, 6.07) is 13.0. The highest BCUT2D eigenvalue weighted by Crippen LogP contribution is 2.11. The van der Waals surface area contributed by atoms with Gasteiger partial charge in [0.15, 0.2) is 0 Å². The summed E-state index contributed by atoms with van der Waals surface area (Å²) in [5.74, 6) is 0.122. The summed E-state index contributed by atoms with van der Waals surface area (Å²) in [5, 5.41) is 16.7.